The van der Waals surface area contributed by atoms with E-state index in [0.717, 1.165) is 11.6 Å². The molecule has 0 heterocycles. The van der Waals surface area contributed by atoms with E-state index in [0.29, 0.717) is 5.75 Å². The second-order valence-corrected chi connectivity index (χ2v) is 4.62. The molecule has 0 aromatic heterocycles. The summed E-state index contributed by atoms with van der Waals surface area (Å²) in [6, 6.07) is 11.0. The molecule has 0 aliphatic rings. The Morgan fingerprint density at radius 1 is 1.13 bits per heavy atom. The second-order valence-electron chi connectivity index (χ2n) is 4.62. The number of rotatable bonds is 6. The molecule has 120 valence electrons. The van der Waals surface area contributed by atoms with Gasteiger partial charge >= 0.3 is 5.97 Å². The molecule has 0 aliphatic carbocycles. The molecule has 0 bridgehead atoms. The summed E-state index contributed by atoms with van der Waals surface area (Å²) < 4.78 is 15.5. The summed E-state index contributed by atoms with van der Waals surface area (Å²) in [4.78, 5) is 22.1. The zero-order chi connectivity index (χ0) is 16.8. The van der Waals surface area contributed by atoms with Crippen LogP contribution in [0.3, 0.4) is 0 Å². The number of nitrogens with zero attached hydrogens (tertiary/aromatic N) is 1. The van der Waals surface area contributed by atoms with Crippen LogP contribution in [0, 0.1) is 17.0 Å². The van der Waals surface area contributed by atoms with Crippen molar-refractivity contribution in [1.82, 2.24) is 0 Å². The minimum Gasteiger partial charge on any atom is -0.493 e. The first kappa shape index (κ1) is 16.3. The van der Waals surface area contributed by atoms with Gasteiger partial charge in [-0.1, -0.05) is 18.2 Å². The van der Waals surface area contributed by atoms with Crippen molar-refractivity contribution < 1.29 is 23.9 Å². The van der Waals surface area contributed by atoms with Crippen molar-refractivity contribution in [1.29, 1.82) is 0 Å². The lowest BCUT2D eigenvalue weighted by Crippen LogP contribution is -2.18. The zero-order valence-corrected chi connectivity index (χ0v) is 12.6. The van der Waals surface area contributed by atoms with E-state index in [-0.39, 0.29) is 23.8 Å². The van der Waals surface area contributed by atoms with Crippen molar-refractivity contribution in [3.63, 3.8) is 0 Å². The number of hydrogen-bond acceptors (Lipinski definition) is 6. The highest BCUT2D eigenvalue weighted by molar-refractivity contribution is 5.75. The molecule has 7 heteroatoms. The van der Waals surface area contributed by atoms with E-state index in [2.05, 4.69) is 0 Å². The van der Waals surface area contributed by atoms with E-state index < -0.39 is 10.9 Å². The first-order valence-electron chi connectivity index (χ1n) is 6.73. The fourth-order valence-corrected chi connectivity index (χ4v) is 1.87. The fraction of sp³-hybridized carbons (Fsp3) is 0.188. The van der Waals surface area contributed by atoms with Crippen LogP contribution in [0.1, 0.15) is 5.56 Å². The van der Waals surface area contributed by atoms with Gasteiger partial charge in [0.25, 0.3) is 5.69 Å². The minimum absolute atomic E-state index is 0.0277. The molecule has 0 fully saturated rings. The third kappa shape index (κ3) is 4.19. The van der Waals surface area contributed by atoms with Crippen LogP contribution in [0.25, 0.3) is 0 Å². The number of aryl methyl sites for hydroxylation is 1. The standard InChI is InChI=1S/C16H15NO6/c1-11-5-3-4-6-13(11)22-10-16(18)23-15-9-12(17(19)20)7-8-14(15)21-2/h3-9H,10H2,1-2H3. The maximum Gasteiger partial charge on any atom is 0.349 e. The first-order valence-corrected chi connectivity index (χ1v) is 6.73. The van der Waals surface area contributed by atoms with Crippen LogP contribution < -0.4 is 14.2 Å². The van der Waals surface area contributed by atoms with Gasteiger partial charge in [-0.25, -0.2) is 4.79 Å². The molecule has 2 rings (SSSR count). The number of non-ortho nitro benzene ring substituents is 1. The molecule has 0 atom stereocenters. The molecule has 0 spiro atoms. The van der Waals surface area contributed by atoms with Crippen molar-refractivity contribution in [2.24, 2.45) is 0 Å². The molecule has 0 saturated carbocycles. The molecule has 0 aliphatic heterocycles. The monoisotopic (exact) mass is 317 g/mol. The highest BCUT2D eigenvalue weighted by Crippen LogP contribution is 2.31. The molecular formula is C16H15NO6. The van der Waals surface area contributed by atoms with Crippen molar-refractivity contribution in [2.75, 3.05) is 13.7 Å². The first-order chi connectivity index (χ1) is 11.0. The Bertz CT molecular complexity index is 728. The average Bonchev–Trinajstić information content (AvgIpc) is 2.54. The number of benzene rings is 2. The lowest BCUT2D eigenvalue weighted by atomic mass is 10.2. The largest absolute Gasteiger partial charge is 0.493 e. The van der Waals surface area contributed by atoms with Crippen LogP contribution in [-0.2, 0) is 4.79 Å². The summed E-state index contributed by atoms with van der Waals surface area (Å²) in [5.74, 6) is 0.0717. The van der Waals surface area contributed by atoms with Gasteiger partial charge in [0.2, 0.25) is 0 Å². The number of ether oxygens (including phenoxy) is 3. The van der Waals surface area contributed by atoms with Gasteiger partial charge in [0.1, 0.15) is 5.75 Å². The Balaban J connectivity index is 2.06. The van der Waals surface area contributed by atoms with E-state index >= 15 is 0 Å². The summed E-state index contributed by atoms with van der Waals surface area (Å²) in [6.07, 6.45) is 0. The maximum absolute atomic E-state index is 11.9. The summed E-state index contributed by atoms with van der Waals surface area (Å²) in [7, 11) is 1.38. The van der Waals surface area contributed by atoms with E-state index in [4.69, 9.17) is 14.2 Å². The van der Waals surface area contributed by atoms with Gasteiger partial charge in [0.15, 0.2) is 18.1 Å². The number of esters is 1. The summed E-state index contributed by atoms with van der Waals surface area (Å²) >= 11 is 0. The minimum atomic E-state index is -0.688. The Kier molecular flexibility index (Phi) is 5.14. The van der Waals surface area contributed by atoms with Gasteiger partial charge in [0.05, 0.1) is 18.1 Å². The molecule has 0 saturated heterocycles. The van der Waals surface area contributed by atoms with E-state index in [1.54, 1.807) is 12.1 Å². The molecule has 7 nitrogen and oxygen atoms in total. The number of para-hydroxylation sites is 1. The van der Waals surface area contributed by atoms with E-state index in [9.17, 15) is 14.9 Å². The van der Waals surface area contributed by atoms with Gasteiger partial charge in [0, 0.05) is 6.07 Å². The van der Waals surface area contributed by atoms with Crippen molar-refractivity contribution in [2.45, 2.75) is 6.92 Å². The number of nitro groups is 1. The number of carbonyl (C=O) groups excluding carboxylic acids is 1. The lowest BCUT2D eigenvalue weighted by Gasteiger charge is -2.10. The Labute approximate surface area is 132 Å². The number of nitro benzene ring substituents is 1. The fourth-order valence-electron chi connectivity index (χ4n) is 1.87. The molecule has 0 radical (unpaired) electrons. The molecule has 0 unspecified atom stereocenters. The molecule has 0 amide bonds. The third-order valence-corrected chi connectivity index (χ3v) is 3.02. The molecule has 2 aromatic rings. The van der Waals surface area contributed by atoms with E-state index in [1.165, 1.54) is 19.2 Å². The molecule has 2 aromatic carbocycles. The van der Waals surface area contributed by atoms with Gasteiger partial charge < -0.3 is 14.2 Å². The predicted molar refractivity (Wildman–Crippen MR) is 82.0 cm³/mol. The SMILES string of the molecule is COc1ccc([N+](=O)[O-])cc1OC(=O)COc1ccccc1C. The Morgan fingerprint density at radius 2 is 1.87 bits per heavy atom. The highest BCUT2D eigenvalue weighted by Gasteiger charge is 2.16. The molecular weight excluding hydrogens is 302 g/mol. The lowest BCUT2D eigenvalue weighted by molar-refractivity contribution is -0.384. The number of hydrogen-bond donors (Lipinski definition) is 0. The smallest absolute Gasteiger partial charge is 0.349 e. The van der Waals surface area contributed by atoms with Crippen LogP contribution in [0.4, 0.5) is 5.69 Å². The highest BCUT2D eigenvalue weighted by atomic mass is 16.6. The second kappa shape index (κ2) is 7.26. The van der Waals surface area contributed by atoms with Crippen LogP contribution >= 0.6 is 0 Å². The molecule has 0 N–H and O–H groups in total. The number of methoxy groups -OCH3 is 1. The van der Waals surface area contributed by atoms with Crippen LogP contribution in [0.2, 0.25) is 0 Å². The van der Waals surface area contributed by atoms with Gasteiger partial charge in [-0.05, 0) is 24.6 Å². The van der Waals surface area contributed by atoms with Crippen LogP contribution in [-0.4, -0.2) is 24.6 Å². The summed E-state index contributed by atoms with van der Waals surface area (Å²) in [5, 5.41) is 10.8. The average molecular weight is 317 g/mol. The van der Waals surface area contributed by atoms with Gasteiger partial charge in [-0.15, -0.1) is 0 Å². The van der Waals surface area contributed by atoms with Crippen LogP contribution in [0.15, 0.2) is 42.5 Å². The van der Waals surface area contributed by atoms with Gasteiger partial charge in [-0.2, -0.15) is 0 Å². The van der Waals surface area contributed by atoms with Crippen molar-refractivity contribution in [3.05, 3.63) is 58.1 Å². The predicted octanol–water partition coefficient (Wildman–Crippen LogP) is 2.90. The van der Waals surface area contributed by atoms with E-state index in [1.807, 2.05) is 19.1 Å². The summed E-state index contributed by atoms with van der Waals surface area (Å²) in [6.45, 7) is 1.53. The maximum atomic E-state index is 11.9. The summed E-state index contributed by atoms with van der Waals surface area (Å²) in [5.41, 5.74) is 0.682. The van der Waals surface area contributed by atoms with Crippen molar-refractivity contribution >= 4 is 11.7 Å². The topological polar surface area (TPSA) is 87.9 Å². The normalized spacial score (nSPS) is 10.0. The third-order valence-electron chi connectivity index (χ3n) is 3.02. The van der Waals surface area contributed by atoms with Crippen LogP contribution in [0.5, 0.6) is 17.2 Å². The quantitative estimate of drug-likeness (QED) is 0.352. The van der Waals surface area contributed by atoms with Gasteiger partial charge in [-0.3, -0.25) is 10.1 Å². The number of carbonyl (C=O) groups is 1. The Hall–Kier alpha value is -3.09. The Morgan fingerprint density at radius 3 is 2.52 bits per heavy atom. The molecule has 23 heavy (non-hydrogen) atoms. The zero-order valence-electron chi connectivity index (χ0n) is 12.6. The van der Waals surface area contributed by atoms with Crippen molar-refractivity contribution in [3.8, 4) is 17.2 Å².